The summed E-state index contributed by atoms with van der Waals surface area (Å²) < 4.78 is 5.20. The highest BCUT2D eigenvalue weighted by molar-refractivity contribution is 5.32. The zero-order chi connectivity index (χ0) is 14.8. The molecule has 20 heavy (non-hydrogen) atoms. The number of methoxy groups -OCH3 is 1. The van der Waals surface area contributed by atoms with Crippen molar-refractivity contribution in [3.05, 3.63) is 35.4 Å². The van der Waals surface area contributed by atoms with Crippen molar-refractivity contribution in [1.29, 1.82) is 5.26 Å². The van der Waals surface area contributed by atoms with E-state index < -0.39 is 0 Å². The lowest BCUT2D eigenvalue weighted by Crippen LogP contribution is -2.33. The number of likely N-dealkylation sites (N-methyl/N-ethyl adjacent to an activating group) is 1. The lowest BCUT2D eigenvalue weighted by atomic mass is 10.0. The number of ether oxygens (including phenoxy) is 1. The van der Waals surface area contributed by atoms with Gasteiger partial charge >= 0.3 is 0 Å². The molecular formula is C16H25N3O. The van der Waals surface area contributed by atoms with Crippen molar-refractivity contribution < 1.29 is 4.74 Å². The molecule has 1 rings (SSSR count). The summed E-state index contributed by atoms with van der Waals surface area (Å²) in [6.45, 7) is 8.68. The second kappa shape index (κ2) is 9.49. The van der Waals surface area contributed by atoms with Gasteiger partial charge in [-0.25, -0.2) is 0 Å². The molecule has 1 aromatic rings. The first-order valence-electron chi connectivity index (χ1n) is 7.18. The maximum atomic E-state index is 9.38. The molecule has 0 saturated heterocycles. The van der Waals surface area contributed by atoms with Gasteiger partial charge in [-0.05, 0) is 24.2 Å². The minimum atomic E-state index is -0.281. The quantitative estimate of drug-likeness (QED) is 0.751. The summed E-state index contributed by atoms with van der Waals surface area (Å²) in [7, 11) is 1.67. The van der Waals surface area contributed by atoms with Gasteiger partial charge in [-0.2, -0.15) is 5.26 Å². The van der Waals surface area contributed by atoms with E-state index in [9.17, 15) is 5.26 Å². The molecule has 0 aliphatic rings. The van der Waals surface area contributed by atoms with Crippen LogP contribution in [0.15, 0.2) is 24.3 Å². The van der Waals surface area contributed by atoms with Crippen LogP contribution in [0.5, 0.6) is 0 Å². The van der Waals surface area contributed by atoms with Crippen LogP contribution >= 0.6 is 0 Å². The molecule has 0 fully saturated rings. The van der Waals surface area contributed by atoms with Crippen LogP contribution in [0.25, 0.3) is 0 Å². The third-order valence-electron chi connectivity index (χ3n) is 3.47. The van der Waals surface area contributed by atoms with E-state index in [1.54, 1.807) is 7.11 Å². The lowest BCUT2D eigenvalue weighted by Gasteiger charge is -2.20. The maximum absolute atomic E-state index is 9.38. The van der Waals surface area contributed by atoms with E-state index in [0.29, 0.717) is 6.61 Å². The first-order valence-corrected chi connectivity index (χ1v) is 7.18. The van der Waals surface area contributed by atoms with E-state index >= 15 is 0 Å². The highest BCUT2D eigenvalue weighted by Crippen LogP contribution is 2.18. The Morgan fingerprint density at radius 3 is 2.60 bits per heavy atom. The van der Waals surface area contributed by atoms with Crippen LogP contribution in [-0.4, -0.2) is 38.2 Å². The van der Waals surface area contributed by atoms with Crippen LogP contribution in [0.4, 0.5) is 0 Å². The Morgan fingerprint density at radius 2 is 2.00 bits per heavy atom. The van der Waals surface area contributed by atoms with E-state index in [1.165, 1.54) is 0 Å². The second-order valence-electron chi connectivity index (χ2n) is 4.67. The molecule has 1 atom stereocenters. The normalized spacial score (nSPS) is 12.3. The molecule has 1 unspecified atom stereocenters. The SMILES string of the molecule is CCN(CC)CCNC(C#N)c1ccccc1COC. The van der Waals surface area contributed by atoms with Gasteiger partial charge in [0.1, 0.15) is 6.04 Å². The molecule has 4 heteroatoms. The third-order valence-corrected chi connectivity index (χ3v) is 3.47. The summed E-state index contributed by atoms with van der Waals surface area (Å²) in [5, 5.41) is 12.7. The Labute approximate surface area is 122 Å². The van der Waals surface area contributed by atoms with Crippen LogP contribution in [0.3, 0.4) is 0 Å². The third kappa shape index (κ3) is 4.93. The van der Waals surface area contributed by atoms with Crippen LogP contribution in [-0.2, 0) is 11.3 Å². The number of benzene rings is 1. The number of rotatable bonds is 9. The van der Waals surface area contributed by atoms with Gasteiger partial charge in [0.2, 0.25) is 0 Å². The smallest absolute Gasteiger partial charge is 0.121 e. The molecular weight excluding hydrogens is 250 g/mol. The number of hydrogen-bond acceptors (Lipinski definition) is 4. The fraction of sp³-hybridized carbons (Fsp3) is 0.562. The van der Waals surface area contributed by atoms with Gasteiger partial charge in [0, 0.05) is 20.2 Å². The van der Waals surface area contributed by atoms with Crippen molar-refractivity contribution in [2.24, 2.45) is 0 Å². The largest absolute Gasteiger partial charge is 0.380 e. The molecule has 1 N–H and O–H groups in total. The standard InChI is InChI=1S/C16H25N3O/c1-4-19(5-2)11-10-18-16(12-17)15-9-7-6-8-14(15)13-20-3/h6-9,16,18H,4-5,10-11,13H2,1-3H3. The van der Waals surface area contributed by atoms with Crippen molar-refractivity contribution >= 4 is 0 Å². The molecule has 1 aromatic carbocycles. The predicted molar refractivity (Wildman–Crippen MR) is 81.3 cm³/mol. The summed E-state index contributed by atoms with van der Waals surface area (Å²) >= 11 is 0. The number of nitrogens with one attached hydrogen (secondary N) is 1. The molecule has 0 heterocycles. The number of nitrogens with zero attached hydrogens (tertiary/aromatic N) is 2. The second-order valence-corrected chi connectivity index (χ2v) is 4.67. The molecule has 110 valence electrons. The molecule has 0 aromatic heterocycles. The van der Waals surface area contributed by atoms with Crippen LogP contribution in [0, 0.1) is 11.3 Å². The fourth-order valence-electron chi connectivity index (χ4n) is 2.23. The molecule has 0 saturated carbocycles. The van der Waals surface area contributed by atoms with E-state index in [-0.39, 0.29) is 6.04 Å². The maximum Gasteiger partial charge on any atom is 0.121 e. The highest BCUT2D eigenvalue weighted by atomic mass is 16.5. The van der Waals surface area contributed by atoms with Crippen LogP contribution < -0.4 is 5.32 Å². The minimum absolute atomic E-state index is 0.281. The monoisotopic (exact) mass is 275 g/mol. The molecule has 0 radical (unpaired) electrons. The van der Waals surface area contributed by atoms with Gasteiger partial charge in [-0.15, -0.1) is 0 Å². The number of nitriles is 1. The highest BCUT2D eigenvalue weighted by Gasteiger charge is 2.13. The van der Waals surface area contributed by atoms with E-state index in [4.69, 9.17) is 4.74 Å². The first kappa shape index (κ1) is 16.6. The summed E-state index contributed by atoms with van der Waals surface area (Å²) in [6.07, 6.45) is 0. The summed E-state index contributed by atoms with van der Waals surface area (Å²) in [6, 6.07) is 10.0. The Balaban J connectivity index is 2.65. The van der Waals surface area contributed by atoms with Crippen molar-refractivity contribution in [3.8, 4) is 6.07 Å². The average molecular weight is 275 g/mol. The summed E-state index contributed by atoms with van der Waals surface area (Å²) in [5.41, 5.74) is 2.08. The van der Waals surface area contributed by atoms with E-state index in [1.807, 2.05) is 24.3 Å². The summed E-state index contributed by atoms with van der Waals surface area (Å²) in [4.78, 5) is 2.34. The Hall–Kier alpha value is -1.41. The van der Waals surface area contributed by atoms with Crippen molar-refractivity contribution in [2.45, 2.75) is 26.5 Å². The number of hydrogen-bond donors (Lipinski definition) is 1. The minimum Gasteiger partial charge on any atom is -0.380 e. The molecule has 4 nitrogen and oxygen atoms in total. The predicted octanol–water partition coefficient (Wildman–Crippen LogP) is 2.33. The van der Waals surface area contributed by atoms with Crippen molar-refractivity contribution in [3.63, 3.8) is 0 Å². The van der Waals surface area contributed by atoms with Gasteiger partial charge in [-0.3, -0.25) is 5.32 Å². The Morgan fingerprint density at radius 1 is 1.30 bits per heavy atom. The van der Waals surface area contributed by atoms with E-state index in [0.717, 1.165) is 37.3 Å². The van der Waals surface area contributed by atoms with Gasteiger partial charge in [0.05, 0.1) is 12.7 Å². The van der Waals surface area contributed by atoms with Gasteiger partial charge in [0.25, 0.3) is 0 Å². The molecule has 0 aliphatic carbocycles. The van der Waals surface area contributed by atoms with Gasteiger partial charge in [-0.1, -0.05) is 38.1 Å². The van der Waals surface area contributed by atoms with Crippen LogP contribution in [0.1, 0.15) is 31.0 Å². The zero-order valence-electron chi connectivity index (χ0n) is 12.7. The van der Waals surface area contributed by atoms with E-state index in [2.05, 4.69) is 30.1 Å². The van der Waals surface area contributed by atoms with Crippen molar-refractivity contribution in [2.75, 3.05) is 33.3 Å². The van der Waals surface area contributed by atoms with Gasteiger partial charge < -0.3 is 9.64 Å². The van der Waals surface area contributed by atoms with Gasteiger partial charge in [0.15, 0.2) is 0 Å². The first-order chi connectivity index (χ1) is 9.76. The molecule has 0 spiro atoms. The topological polar surface area (TPSA) is 48.3 Å². The zero-order valence-corrected chi connectivity index (χ0v) is 12.7. The van der Waals surface area contributed by atoms with Crippen LogP contribution in [0.2, 0.25) is 0 Å². The average Bonchev–Trinajstić information content (AvgIpc) is 2.49. The lowest BCUT2D eigenvalue weighted by molar-refractivity contribution is 0.183. The summed E-state index contributed by atoms with van der Waals surface area (Å²) in [5.74, 6) is 0. The molecule has 0 bridgehead atoms. The van der Waals surface area contributed by atoms with Crippen molar-refractivity contribution in [1.82, 2.24) is 10.2 Å². The Kier molecular flexibility index (Phi) is 7.89. The molecule has 0 amide bonds. The fourth-order valence-corrected chi connectivity index (χ4v) is 2.23. The Bertz CT molecular complexity index is 424. The molecule has 0 aliphatic heterocycles.